The van der Waals surface area contributed by atoms with E-state index in [0.29, 0.717) is 0 Å². The largest absolute Gasteiger partial charge is 0.490 e. The van der Waals surface area contributed by atoms with Crippen molar-refractivity contribution in [1.29, 1.82) is 0 Å². The molecule has 22 heteroatoms. The lowest BCUT2D eigenvalue weighted by Gasteiger charge is -2.19. The Kier molecular flexibility index (Phi) is 7.62. The average molecular weight is 550 g/mol. The molecular formula is C12H17N4O15P3. The molecule has 1 aliphatic rings. The van der Waals surface area contributed by atoms with Crippen molar-refractivity contribution in [2.45, 2.75) is 24.4 Å². The summed E-state index contributed by atoms with van der Waals surface area (Å²) in [4.78, 5) is 68.3. The summed E-state index contributed by atoms with van der Waals surface area (Å²) in [5, 5.41) is 20.5. The summed E-state index contributed by atoms with van der Waals surface area (Å²) in [7, 11) is -16.9. The molecule has 0 radical (unpaired) electrons. The van der Waals surface area contributed by atoms with Gasteiger partial charge in [0.1, 0.15) is 24.4 Å². The minimum absolute atomic E-state index is 0.000237. The van der Waals surface area contributed by atoms with E-state index < -0.39 is 65.7 Å². The van der Waals surface area contributed by atoms with Crippen LogP contribution < -0.4 is 11.2 Å². The number of hydrogen-bond donors (Lipinski definition) is 8. The number of aromatic nitrogens is 4. The van der Waals surface area contributed by atoms with Crippen molar-refractivity contribution >= 4 is 23.5 Å². The van der Waals surface area contributed by atoms with Gasteiger partial charge in [-0.25, -0.2) is 28.0 Å². The molecule has 0 saturated carbocycles. The molecule has 6 atom stereocenters. The van der Waals surface area contributed by atoms with Crippen LogP contribution in [0.2, 0.25) is 0 Å². The third-order valence-corrected chi connectivity index (χ3v) is 7.97. The molecule has 0 bridgehead atoms. The summed E-state index contributed by atoms with van der Waals surface area (Å²) in [6.07, 6.45) is -3.15. The summed E-state index contributed by atoms with van der Waals surface area (Å²) in [6, 6.07) is 0. The molecule has 2 aromatic heterocycles. The molecule has 2 aromatic rings. The van der Waals surface area contributed by atoms with Gasteiger partial charge in [0, 0.05) is 18.6 Å². The molecule has 0 spiro atoms. The van der Waals surface area contributed by atoms with E-state index in [1.165, 1.54) is 12.4 Å². The molecule has 0 amide bonds. The van der Waals surface area contributed by atoms with E-state index in [1.54, 1.807) is 0 Å². The quantitative estimate of drug-likeness (QED) is 0.153. The van der Waals surface area contributed by atoms with E-state index in [2.05, 4.69) is 23.1 Å². The van der Waals surface area contributed by atoms with Gasteiger partial charge in [0.2, 0.25) is 5.95 Å². The number of aliphatic hydroxyl groups excluding tert-OH is 2. The van der Waals surface area contributed by atoms with Crippen LogP contribution >= 0.6 is 23.5 Å². The minimum atomic E-state index is -5.77. The van der Waals surface area contributed by atoms with E-state index in [1.807, 2.05) is 4.98 Å². The second-order valence-electron chi connectivity index (χ2n) is 6.59. The number of aliphatic hydroxyl groups is 2. The minimum Gasteiger partial charge on any atom is -0.387 e. The highest BCUT2D eigenvalue weighted by Gasteiger charge is 2.47. The van der Waals surface area contributed by atoms with Gasteiger partial charge in [-0.05, 0) is 0 Å². The highest BCUT2D eigenvalue weighted by molar-refractivity contribution is 7.66. The second kappa shape index (κ2) is 9.67. The van der Waals surface area contributed by atoms with E-state index in [0.717, 1.165) is 10.8 Å². The van der Waals surface area contributed by atoms with Crippen LogP contribution in [0.3, 0.4) is 0 Å². The Morgan fingerprint density at radius 1 is 1.06 bits per heavy atom. The molecule has 0 aliphatic carbocycles. The monoisotopic (exact) mass is 550 g/mol. The summed E-state index contributed by atoms with van der Waals surface area (Å²) >= 11 is 0. The first kappa shape index (κ1) is 26.8. The topological polar surface area (TPSA) is 293 Å². The molecule has 190 valence electrons. The van der Waals surface area contributed by atoms with Crippen LogP contribution in [0.15, 0.2) is 28.2 Å². The van der Waals surface area contributed by atoms with Crippen molar-refractivity contribution in [2.75, 3.05) is 6.61 Å². The number of phosphoric acid groups is 3. The van der Waals surface area contributed by atoms with E-state index >= 15 is 0 Å². The Bertz CT molecular complexity index is 1280. The van der Waals surface area contributed by atoms with Crippen LogP contribution in [0.5, 0.6) is 0 Å². The normalized spacial score (nSPS) is 26.8. The predicted molar refractivity (Wildman–Crippen MR) is 104 cm³/mol. The van der Waals surface area contributed by atoms with Gasteiger partial charge in [0.25, 0.3) is 5.56 Å². The number of rotatable bonds is 9. The fourth-order valence-corrected chi connectivity index (χ4v) is 5.88. The van der Waals surface area contributed by atoms with Gasteiger partial charge in [-0.3, -0.25) is 14.3 Å². The van der Waals surface area contributed by atoms with Gasteiger partial charge in [-0.1, -0.05) is 0 Å². The van der Waals surface area contributed by atoms with Gasteiger partial charge in [0.15, 0.2) is 0 Å². The van der Waals surface area contributed by atoms with Crippen LogP contribution in [0.25, 0.3) is 5.95 Å². The van der Waals surface area contributed by atoms with Crippen molar-refractivity contribution in [3.8, 4) is 5.95 Å². The van der Waals surface area contributed by atoms with Crippen molar-refractivity contribution < 1.29 is 61.4 Å². The van der Waals surface area contributed by atoms with Crippen molar-refractivity contribution in [3.63, 3.8) is 0 Å². The Labute approximate surface area is 187 Å². The van der Waals surface area contributed by atoms with Crippen molar-refractivity contribution in [2.24, 2.45) is 0 Å². The van der Waals surface area contributed by atoms with Gasteiger partial charge in [0.05, 0.1) is 12.2 Å². The molecule has 19 nitrogen and oxygen atoms in total. The molecule has 1 fully saturated rings. The maximum absolute atomic E-state index is 12.3. The summed E-state index contributed by atoms with van der Waals surface area (Å²) in [6.45, 7) is -1.08. The molecular weight excluding hydrogens is 533 g/mol. The summed E-state index contributed by atoms with van der Waals surface area (Å²) in [5.74, 6) is -0.000237. The fourth-order valence-electron chi connectivity index (χ4n) is 2.85. The summed E-state index contributed by atoms with van der Waals surface area (Å²) < 4.78 is 51.4. The molecule has 1 saturated heterocycles. The van der Waals surface area contributed by atoms with E-state index in [9.17, 15) is 38.4 Å². The van der Waals surface area contributed by atoms with Gasteiger partial charge in [-0.15, -0.1) is 0 Å². The lowest BCUT2D eigenvalue weighted by atomic mass is 10.0. The SMILES string of the molecule is O=c1[nH]c(=O)n(-c2ncc[nH]2)cc1[C@@H]1O[C@H](COP(=O)(O)OP(=O)(O)OP(=O)(O)O)C(O)C1O. The molecule has 3 rings (SSSR count). The summed E-state index contributed by atoms with van der Waals surface area (Å²) in [5.41, 5.74) is -2.22. The lowest BCUT2D eigenvalue weighted by Crippen LogP contribution is -2.36. The predicted octanol–water partition coefficient (Wildman–Crippen LogP) is -2.25. The number of hydrogen-bond acceptors (Lipinski definition) is 12. The fraction of sp³-hybridized carbons (Fsp3) is 0.417. The van der Waals surface area contributed by atoms with Gasteiger partial charge in [-0.2, -0.15) is 8.62 Å². The Balaban J connectivity index is 1.75. The number of phosphoric ester groups is 1. The number of aromatic amines is 2. The smallest absolute Gasteiger partial charge is 0.387 e. The Morgan fingerprint density at radius 3 is 2.32 bits per heavy atom. The number of nitrogens with one attached hydrogen (secondary N) is 2. The van der Waals surface area contributed by atoms with Crippen LogP contribution in [0.1, 0.15) is 11.7 Å². The molecule has 1 aliphatic heterocycles. The Hall–Kier alpha value is -1.82. The number of ether oxygens (including phenoxy) is 1. The number of H-pyrrole nitrogens is 2. The zero-order chi connectivity index (χ0) is 25.5. The van der Waals surface area contributed by atoms with Crippen LogP contribution in [-0.4, -0.2) is 74.2 Å². The molecule has 34 heavy (non-hydrogen) atoms. The highest BCUT2D eigenvalue weighted by atomic mass is 31.3. The zero-order valence-electron chi connectivity index (χ0n) is 16.3. The standard InChI is InChI=1S/C12H17N4O15P3/c17-7-6(4-28-33(24,25)31-34(26,27)30-32(21,22)23)29-9(8(7)18)5-3-16(11-13-1-2-14-11)12(20)15-10(5)19/h1-3,6-9,17-18H,4H2,(H,13,14)(H,24,25)(H,26,27)(H,15,19,20)(H2,21,22,23)/t6-,7?,8?,9+/m1/s1. The number of nitrogens with zero attached hydrogens (tertiary/aromatic N) is 2. The third-order valence-electron chi connectivity index (χ3n) is 4.17. The average Bonchev–Trinajstić information content (AvgIpc) is 3.28. The van der Waals surface area contributed by atoms with E-state index in [4.69, 9.17) is 19.4 Å². The zero-order valence-corrected chi connectivity index (χ0v) is 19.0. The molecule has 3 heterocycles. The van der Waals surface area contributed by atoms with Crippen molar-refractivity contribution in [3.05, 3.63) is 45.0 Å². The molecule has 8 N–H and O–H groups in total. The van der Waals surface area contributed by atoms with Crippen LogP contribution in [-0.2, 0) is 31.6 Å². The Morgan fingerprint density at radius 2 is 1.74 bits per heavy atom. The van der Waals surface area contributed by atoms with Crippen molar-refractivity contribution in [1.82, 2.24) is 19.5 Å². The third kappa shape index (κ3) is 6.44. The lowest BCUT2D eigenvalue weighted by molar-refractivity contribution is -0.0228. The van der Waals surface area contributed by atoms with Gasteiger partial charge < -0.3 is 39.5 Å². The van der Waals surface area contributed by atoms with E-state index in [-0.39, 0.29) is 11.5 Å². The first-order chi connectivity index (χ1) is 15.6. The molecule has 4 unspecified atom stereocenters. The maximum atomic E-state index is 12.3. The maximum Gasteiger partial charge on any atom is 0.490 e. The second-order valence-corrected chi connectivity index (χ2v) is 11.0. The van der Waals surface area contributed by atoms with Crippen LogP contribution in [0.4, 0.5) is 0 Å². The van der Waals surface area contributed by atoms with Gasteiger partial charge >= 0.3 is 29.2 Å². The first-order valence-electron chi connectivity index (χ1n) is 8.74. The molecule has 0 aromatic carbocycles. The highest BCUT2D eigenvalue weighted by Crippen LogP contribution is 2.66. The first-order valence-corrected chi connectivity index (χ1v) is 13.3. The van der Waals surface area contributed by atoms with Crippen LogP contribution in [0, 0.1) is 0 Å². The number of imidazole rings is 1.